The third-order valence-electron chi connectivity index (χ3n) is 2.85. The fourth-order valence-electron chi connectivity index (χ4n) is 1.94. The Morgan fingerprint density at radius 1 is 1.42 bits per heavy atom. The number of pyridine rings is 1. The molecule has 0 spiro atoms. The number of hydrogen-bond donors (Lipinski definition) is 0. The van der Waals surface area contributed by atoms with Gasteiger partial charge in [-0.25, -0.2) is 0 Å². The van der Waals surface area contributed by atoms with Crippen molar-refractivity contribution in [2.75, 3.05) is 0 Å². The first kappa shape index (κ1) is 16.3. The van der Waals surface area contributed by atoms with Crippen LogP contribution in [0.3, 0.4) is 0 Å². The van der Waals surface area contributed by atoms with Gasteiger partial charge < -0.3 is 16.3 Å². The van der Waals surface area contributed by atoms with Crippen molar-refractivity contribution >= 4 is 16.7 Å². The monoisotopic (exact) mass is 330 g/mol. The summed E-state index contributed by atoms with van der Waals surface area (Å²) < 4.78 is 1.82. The molecular weight excluding hydrogens is 315 g/mol. The number of ketones is 1. The second-order valence-corrected chi connectivity index (χ2v) is 5.04. The molecule has 3 nitrogen and oxygen atoms in total. The van der Waals surface area contributed by atoms with Crippen LogP contribution in [-0.2, 0) is 38.2 Å². The minimum atomic E-state index is -0.464. The van der Waals surface area contributed by atoms with E-state index in [4.69, 9.17) is 0 Å². The molecule has 0 fully saturated rings. The standard InChI is InChI=1S/C15H15NO2.Y/c1-10(17)12-9-16(15(2,3)4)13-8-6-5-7-11(13)14(12)18;/h5-7,9H,2H2,1,3-4H3;/q-2;. The number of hydrogen-bond acceptors (Lipinski definition) is 2. The number of carbonyl (C=O) groups is 1. The number of aromatic nitrogens is 1. The minimum Gasteiger partial charge on any atom is -0.394 e. The summed E-state index contributed by atoms with van der Waals surface area (Å²) in [7, 11) is 0. The molecule has 1 aromatic carbocycles. The molecule has 0 bridgehead atoms. The number of Topliss-reactive ketones (excluding diaryl/α,β-unsaturated/α-hetero) is 1. The molecule has 0 unspecified atom stereocenters. The maximum absolute atomic E-state index is 12.2. The molecular formula is C15H15NO2Y-2. The van der Waals surface area contributed by atoms with Crippen LogP contribution in [0.25, 0.3) is 10.9 Å². The number of benzene rings is 1. The summed E-state index contributed by atoms with van der Waals surface area (Å²) in [5.41, 5.74) is 0.162. The SMILES string of the molecule is [CH2-]C(C)(C)n1cc(C(C)=O)c(=O)c2ccc[c-]c21.[Y]. The van der Waals surface area contributed by atoms with E-state index in [9.17, 15) is 9.59 Å². The van der Waals surface area contributed by atoms with Crippen LogP contribution in [-0.4, -0.2) is 10.4 Å². The molecule has 0 saturated heterocycles. The summed E-state index contributed by atoms with van der Waals surface area (Å²) in [6, 6.07) is 8.25. The van der Waals surface area contributed by atoms with Crippen molar-refractivity contribution in [3.05, 3.63) is 53.2 Å². The molecule has 4 heteroatoms. The summed E-state index contributed by atoms with van der Waals surface area (Å²) in [6.45, 7) is 9.29. The van der Waals surface area contributed by atoms with Crippen molar-refractivity contribution in [3.63, 3.8) is 0 Å². The van der Waals surface area contributed by atoms with Crippen LogP contribution in [0.1, 0.15) is 31.1 Å². The average molecular weight is 330 g/mol. The minimum absolute atomic E-state index is 0. The Hall–Kier alpha value is -0.796. The van der Waals surface area contributed by atoms with Gasteiger partial charge in [-0.2, -0.15) is 24.3 Å². The van der Waals surface area contributed by atoms with Crippen LogP contribution in [0, 0.1) is 13.0 Å². The van der Waals surface area contributed by atoms with Gasteiger partial charge in [0.25, 0.3) is 0 Å². The van der Waals surface area contributed by atoms with E-state index in [0.29, 0.717) is 10.9 Å². The normalized spacial score (nSPS) is 11.2. The van der Waals surface area contributed by atoms with Crippen LogP contribution in [0.15, 0.2) is 29.2 Å². The first-order chi connectivity index (χ1) is 8.32. The van der Waals surface area contributed by atoms with Gasteiger partial charge in [0, 0.05) is 38.9 Å². The fourth-order valence-corrected chi connectivity index (χ4v) is 1.94. The van der Waals surface area contributed by atoms with Crippen LogP contribution in [0.5, 0.6) is 0 Å². The quantitative estimate of drug-likeness (QED) is 0.627. The van der Waals surface area contributed by atoms with E-state index in [2.05, 4.69) is 13.0 Å². The molecule has 0 aliphatic rings. The molecule has 0 N–H and O–H groups in total. The molecule has 0 amide bonds. The number of nitrogens with zero attached hydrogens (tertiary/aromatic N) is 1. The topological polar surface area (TPSA) is 39.1 Å². The molecule has 2 aromatic rings. The second kappa shape index (κ2) is 5.68. The molecule has 1 radical (unpaired) electrons. The zero-order chi connectivity index (χ0) is 13.5. The van der Waals surface area contributed by atoms with Crippen molar-refractivity contribution in [3.8, 4) is 0 Å². The smallest absolute Gasteiger partial charge is 0.164 e. The maximum Gasteiger partial charge on any atom is 0.164 e. The molecule has 19 heavy (non-hydrogen) atoms. The van der Waals surface area contributed by atoms with Crippen LogP contribution in [0.4, 0.5) is 0 Å². The second-order valence-electron chi connectivity index (χ2n) is 5.04. The fraction of sp³-hybridized carbons (Fsp3) is 0.267. The Labute approximate surface area is 137 Å². The number of para-hydroxylation sites is 1. The number of carbonyl (C=O) groups excluding carboxylic acids is 1. The first-order valence-corrected chi connectivity index (χ1v) is 5.75. The number of rotatable bonds is 2. The summed E-state index contributed by atoms with van der Waals surface area (Å²) in [5.74, 6) is -0.233. The first-order valence-electron chi connectivity index (χ1n) is 5.75. The van der Waals surface area contributed by atoms with Gasteiger partial charge in [0.15, 0.2) is 5.78 Å². The van der Waals surface area contributed by atoms with Crippen LogP contribution in [0.2, 0.25) is 0 Å². The van der Waals surface area contributed by atoms with Crippen molar-refractivity contribution < 1.29 is 37.5 Å². The van der Waals surface area contributed by atoms with E-state index < -0.39 is 5.54 Å². The zero-order valence-electron chi connectivity index (χ0n) is 11.4. The Bertz CT molecular complexity index is 681. The molecule has 0 saturated carbocycles. The Morgan fingerprint density at radius 3 is 2.58 bits per heavy atom. The maximum atomic E-state index is 12.2. The van der Waals surface area contributed by atoms with E-state index in [0.717, 1.165) is 0 Å². The van der Waals surface area contributed by atoms with E-state index in [1.54, 1.807) is 24.4 Å². The summed E-state index contributed by atoms with van der Waals surface area (Å²) in [5, 5.41) is 0.502. The molecule has 1 aromatic heterocycles. The van der Waals surface area contributed by atoms with Crippen molar-refractivity contribution in [1.82, 2.24) is 4.57 Å². The predicted octanol–water partition coefficient (Wildman–Crippen LogP) is 2.57. The number of fused-ring (bicyclic) bond motifs is 1. The van der Waals surface area contributed by atoms with Gasteiger partial charge in [-0.1, -0.05) is 30.3 Å². The molecule has 97 valence electrons. The Morgan fingerprint density at radius 2 is 2.05 bits per heavy atom. The van der Waals surface area contributed by atoms with Gasteiger partial charge in [0.05, 0.1) is 5.56 Å². The van der Waals surface area contributed by atoms with Gasteiger partial charge in [-0.15, -0.1) is 0 Å². The van der Waals surface area contributed by atoms with Crippen molar-refractivity contribution in [1.29, 1.82) is 0 Å². The van der Waals surface area contributed by atoms with Gasteiger partial charge in [-0.05, 0) is 6.92 Å². The van der Waals surface area contributed by atoms with Crippen molar-refractivity contribution in [2.45, 2.75) is 26.3 Å². The third kappa shape index (κ3) is 3.03. The largest absolute Gasteiger partial charge is 0.394 e. The van der Waals surface area contributed by atoms with Gasteiger partial charge in [-0.3, -0.25) is 4.79 Å². The van der Waals surface area contributed by atoms with Crippen molar-refractivity contribution in [2.24, 2.45) is 0 Å². The predicted molar refractivity (Wildman–Crippen MR) is 71.7 cm³/mol. The third-order valence-corrected chi connectivity index (χ3v) is 2.85. The average Bonchev–Trinajstić information content (AvgIpc) is 2.27. The van der Waals surface area contributed by atoms with E-state index in [1.807, 2.05) is 18.4 Å². The summed E-state index contributed by atoms with van der Waals surface area (Å²) in [6.07, 6.45) is 1.58. The van der Waals surface area contributed by atoms with Gasteiger partial charge >= 0.3 is 0 Å². The van der Waals surface area contributed by atoms with Crippen LogP contribution < -0.4 is 5.43 Å². The molecule has 0 aliphatic carbocycles. The molecule has 0 atom stereocenters. The Kier molecular flexibility index (Phi) is 4.86. The van der Waals surface area contributed by atoms with Gasteiger partial charge in [0.2, 0.25) is 0 Å². The summed E-state index contributed by atoms with van der Waals surface area (Å²) >= 11 is 0. The summed E-state index contributed by atoms with van der Waals surface area (Å²) in [4.78, 5) is 23.7. The van der Waals surface area contributed by atoms with E-state index in [1.165, 1.54) is 6.92 Å². The molecule has 1 heterocycles. The molecule has 0 aliphatic heterocycles. The van der Waals surface area contributed by atoms with Gasteiger partial charge in [0.1, 0.15) is 5.43 Å². The van der Waals surface area contributed by atoms with E-state index in [-0.39, 0.29) is 49.5 Å². The molecule has 2 rings (SSSR count). The Balaban J connectivity index is 0.00000180. The van der Waals surface area contributed by atoms with Crippen LogP contribution >= 0.6 is 0 Å². The van der Waals surface area contributed by atoms with E-state index >= 15 is 0 Å². The zero-order valence-corrected chi connectivity index (χ0v) is 14.2.